The third-order valence-corrected chi connectivity index (χ3v) is 4.15. The molecule has 0 aliphatic carbocycles. The molecule has 0 heterocycles. The molecule has 0 spiro atoms. The van der Waals surface area contributed by atoms with Crippen LogP contribution in [0.25, 0.3) is 0 Å². The highest BCUT2D eigenvalue weighted by Gasteiger charge is 2.08. The summed E-state index contributed by atoms with van der Waals surface area (Å²) in [6.45, 7) is 6.93. The highest BCUT2D eigenvalue weighted by molar-refractivity contribution is 7.30. The zero-order valence-corrected chi connectivity index (χ0v) is 16.1. The predicted molar refractivity (Wildman–Crippen MR) is 97.2 cm³/mol. The van der Waals surface area contributed by atoms with Gasteiger partial charge in [-0.1, -0.05) is 111 Å². The Morgan fingerprint density at radius 2 is 0.909 bits per heavy atom. The average molecular weight is 335 g/mol. The van der Waals surface area contributed by atoms with Crippen LogP contribution < -0.4 is 0 Å². The van der Waals surface area contributed by atoms with Crippen molar-refractivity contribution >= 4 is 8.25 Å². The van der Waals surface area contributed by atoms with E-state index in [2.05, 4.69) is 20.8 Å². The number of unbranched alkanes of at least 4 members (excludes halogenated alkanes) is 8. The summed E-state index contributed by atoms with van der Waals surface area (Å²) in [5, 5.41) is 0. The first-order valence-corrected chi connectivity index (χ1v) is 10.6. The molecule has 0 aromatic rings. The summed E-state index contributed by atoms with van der Waals surface area (Å²) >= 11 is 0. The number of rotatable bonds is 14. The van der Waals surface area contributed by atoms with Gasteiger partial charge in [0.25, 0.3) is 0 Å². The molecule has 0 aliphatic rings. The van der Waals surface area contributed by atoms with Gasteiger partial charge < -0.3 is 0 Å². The maximum absolute atomic E-state index is 8.70. The summed E-state index contributed by atoms with van der Waals surface area (Å²) in [6, 6.07) is 0. The SMILES string of the molecule is CCCCCCC(CCCCC)CCCCCC.O=[P+](O)O. The summed E-state index contributed by atoms with van der Waals surface area (Å²) in [5.74, 6) is 1.05. The van der Waals surface area contributed by atoms with E-state index in [1.54, 1.807) is 0 Å². The number of hydrogen-bond donors (Lipinski definition) is 2. The molecule has 0 bridgehead atoms. The van der Waals surface area contributed by atoms with Crippen LogP contribution in [0.15, 0.2) is 0 Å². The van der Waals surface area contributed by atoms with E-state index in [-0.39, 0.29) is 0 Å². The fourth-order valence-electron chi connectivity index (χ4n) is 2.84. The van der Waals surface area contributed by atoms with Crippen LogP contribution >= 0.6 is 8.25 Å². The molecule has 0 radical (unpaired) electrons. The van der Waals surface area contributed by atoms with Gasteiger partial charge in [0.15, 0.2) is 0 Å². The summed E-state index contributed by atoms with van der Waals surface area (Å²) in [6.07, 6.45) is 20.4. The summed E-state index contributed by atoms with van der Waals surface area (Å²) in [4.78, 5) is 14.2. The lowest BCUT2D eigenvalue weighted by Gasteiger charge is -2.16. The molecule has 3 nitrogen and oxygen atoms in total. The second-order valence-corrected chi connectivity index (χ2v) is 6.82. The minimum absolute atomic E-state index is 1.05. The van der Waals surface area contributed by atoms with Crippen molar-refractivity contribution in [1.29, 1.82) is 0 Å². The molecule has 0 rings (SSSR count). The van der Waals surface area contributed by atoms with Gasteiger partial charge in [-0.05, 0) is 5.92 Å². The van der Waals surface area contributed by atoms with Crippen LogP contribution in [0.5, 0.6) is 0 Å². The van der Waals surface area contributed by atoms with Crippen LogP contribution in [0.2, 0.25) is 0 Å². The van der Waals surface area contributed by atoms with Gasteiger partial charge in [-0.25, -0.2) is 0 Å². The van der Waals surface area contributed by atoms with Crippen LogP contribution in [-0.2, 0) is 4.57 Å². The van der Waals surface area contributed by atoms with Crippen molar-refractivity contribution < 1.29 is 14.4 Å². The van der Waals surface area contributed by atoms with E-state index < -0.39 is 8.25 Å². The second kappa shape index (κ2) is 21.0. The van der Waals surface area contributed by atoms with Crippen LogP contribution in [0, 0.1) is 5.92 Å². The van der Waals surface area contributed by atoms with Crippen molar-refractivity contribution in [2.75, 3.05) is 0 Å². The first-order chi connectivity index (χ1) is 10.6. The van der Waals surface area contributed by atoms with Crippen LogP contribution in [0.3, 0.4) is 0 Å². The fourth-order valence-corrected chi connectivity index (χ4v) is 2.84. The lowest BCUT2D eigenvalue weighted by atomic mass is 9.90. The van der Waals surface area contributed by atoms with Crippen molar-refractivity contribution in [2.45, 2.75) is 111 Å². The van der Waals surface area contributed by atoms with E-state index in [1.165, 1.54) is 89.9 Å². The minimum Gasteiger partial charge on any atom is -0.134 e. The van der Waals surface area contributed by atoms with E-state index in [1.807, 2.05) is 0 Å². The summed E-state index contributed by atoms with van der Waals surface area (Å²) < 4.78 is 8.70. The molecule has 0 unspecified atom stereocenters. The van der Waals surface area contributed by atoms with Gasteiger partial charge in [-0.15, -0.1) is 9.79 Å². The van der Waals surface area contributed by atoms with Gasteiger partial charge in [0.2, 0.25) is 0 Å². The average Bonchev–Trinajstić information content (AvgIpc) is 2.47. The van der Waals surface area contributed by atoms with Crippen molar-refractivity contribution in [3.05, 3.63) is 0 Å². The van der Waals surface area contributed by atoms with E-state index in [0.717, 1.165) is 5.92 Å². The van der Waals surface area contributed by atoms with E-state index in [4.69, 9.17) is 14.4 Å². The first-order valence-electron chi connectivity index (χ1n) is 9.43. The van der Waals surface area contributed by atoms with Crippen molar-refractivity contribution in [3.63, 3.8) is 0 Å². The van der Waals surface area contributed by atoms with Crippen LogP contribution in [0.4, 0.5) is 0 Å². The molecular formula is C18H40O3P+. The molecule has 0 aliphatic heterocycles. The Bertz CT molecular complexity index is 206. The molecule has 0 saturated carbocycles. The van der Waals surface area contributed by atoms with Gasteiger partial charge in [0.1, 0.15) is 0 Å². The van der Waals surface area contributed by atoms with Crippen molar-refractivity contribution in [1.82, 2.24) is 0 Å². The Balaban J connectivity index is 0. The molecule has 4 heteroatoms. The Morgan fingerprint density at radius 1 is 0.636 bits per heavy atom. The molecule has 0 aromatic carbocycles. The quantitative estimate of drug-likeness (QED) is 0.272. The van der Waals surface area contributed by atoms with E-state index >= 15 is 0 Å². The molecule has 0 atom stereocenters. The third kappa shape index (κ3) is 25.0. The molecule has 0 aromatic heterocycles. The van der Waals surface area contributed by atoms with Crippen LogP contribution in [0.1, 0.15) is 111 Å². The molecular weight excluding hydrogens is 295 g/mol. The number of hydrogen-bond acceptors (Lipinski definition) is 1. The first kappa shape index (κ1) is 24.3. The minimum atomic E-state index is -2.87. The zero-order valence-electron chi connectivity index (χ0n) is 15.2. The maximum Gasteiger partial charge on any atom is 0.692 e. The standard InChI is InChI=1S/C18H38.HO3P/c1-4-7-10-13-16-18(15-12-9-6-3)17-14-11-8-5-2;1-4(2)3/h18H,4-17H2,1-3H3;(H-,1,2,3)/p+1. The van der Waals surface area contributed by atoms with Gasteiger partial charge in [0, 0.05) is 4.57 Å². The Labute approximate surface area is 139 Å². The molecule has 134 valence electrons. The molecule has 22 heavy (non-hydrogen) atoms. The predicted octanol–water partition coefficient (Wildman–Crippen LogP) is 6.75. The Hall–Kier alpha value is 0.0200. The lowest BCUT2D eigenvalue weighted by molar-refractivity contribution is 0.370. The normalized spacial score (nSPS) is 10.5. The molecule has 0 saturated heterocycles. The topological polar surface area (TPSA) is 57.5 Å². The monoisotopic (exact) mass is 335 g/mol. The van der Waals surface area contributed by atoms with Gasteiger partial charge >= 0.3 is 8.25 Å². The summed E-state index contributed by atoms with van der Waals surface area (Å²) in [5.41, 5.74) is 0. The molecule has 0 amide bonds. The smallest absolute Gasteiger partial charge is 0.134 e. The molecule has 2 N–H and O–H groups in total. The third-order valence-electron chi connectivity index (χ3n) is 4.15. The highest BCUT2D eigenvalue weighted by Crippen LogP contribution is 2.23. The van der Waals surface area contributed by atoms with Gasteiger partial charge in [0.05, 0.1) is 0 Å². The van der Waals surface area contributed by atoms with E-state index in [0.29, 0.717) is 0 Å². The van der Waals surface area contributed by atoms with Gasteiger partial charge in [-0.2, -0.15) is 0 Å². The van der Waals surface area contributed by atoms with Gasteiger partial charge in [-0.3, -0.25) is 0 Å². The molecule has 0 fully saturated rings. The maximum atomic E-state index is 8.70. The lowest BCUT2D eigenvalue weighted by Crippen LogP contribution is -2.01. The second-order valence-electron chi connectivity index (χ2n) is 6.31. The highest BCUT2D eigenvalue weighted by atomic mass is 31.1. The summed E-state index contributed by atoms with van der Waals surface area (Å²) in [7, 11) is -2.87. The van der Waals surface area contributed by atoms with Crippen molar-refractivity contribution in [2.24, 2.45) is 5.92 Å². The van der Waals surface area contributed by atoms with E-state index in [9.17, 15) is 0 Å². The van der Waals surface area contributed by atoms with Crippen molar-refractivity contribution in [3.8, 4) is 0 Å². The Kier molecular flexibility index (Phi) is 23.2. The zero-order chi connectivity index (χ0) is 17.1. The largest absolute Gasteiger partial charge is 0.692 e. The fraction of sp³-hybridized carbons (Fsp3) is 1.00. The Morgan fingerprint density at radius 3 is 1.23 bits per heavy atom. The van der Waals surface area contributed by atoms with Crippen LogP contribution in [-0.4, -0.2) is 9.79 Å².